The average Bonchev–Trinajstić information content (AvgIpc) is 2.35. The summed E-state index contributed by atoms with van der Waals surface area (Å²) in [6, 6.07) is 2.45. The highest BCUT2D eigenvalue weighted by Crippen LogP contribution is 2.38. The predicted octanol–water partition coefficient (Wildman–Crippen LogP) is 2.01. The van der Waals surface area contributed by atoms with Gasteiger partial charge in [0.15, 0.2) is 11.5 Å². The molecule has 0 spiro atoms. The molecule has 1 rings (SSSR count). The molecule has 1 atom stereocenters. The van der Waals surface area contributed by atoms with Crippen molar-refractivity contribution in [2.24, 2.45) is 0 Å². The fraction of sp³-hybridized carbons (Fsp3) is 0.385. The molecule has 0 fully saturated rings. The van der Waals surface area contributed by atoms with E-state index in [1.54, 1.807) is 12.1 Å². The number of hydrogen-bond acceptors (Lipinski definition) is 4. The number of methoxy groups -OCH3 is 2. The third-order valence-electron chi connectivity index (χ3n) is 2.61. The van der Waals surface area contributed by atoms with Crippen LogP contribution in [0.2, 0.25) is 5.02 Å². The van der Waals surface area contributed by atoms with E-state index in [-0.39, 0.29) is 17.4 Å². The van der Waals surface area contributed by atoms with Crippen LogP contribution in [-0.4, -0.2) is 31.2 Å². The molecule has 0 bridgehead atoms. The summed E-state index contributed by atoms with van der Waals surface area (Å²) in [7, 11) is 2.90. The topological polar surface area (TPSA) is 84.9 Å². The summed E-state index contributed by atoms with van der Waals surface area (Å²) in [6.07, 6.45) is -0.259. The van der Waals surface area contributed by atoms with E-state index in [1.165, 1.54) is 21.1 Å². The van der Waals surface area contributed by atoms with Gasteiger partial charge in [0.1, 0.15) is 0 Å². The van der Waals surface area contributed by atoms with Crippen LogP contribution in [0.4, 0.5) is 0 Å². The number of nitrogens with one attached hydrogen (secondary N) is 1. The summed E-state index contributed by atoms with van der Waals surface area (Å²) >= 11 is 6.07. The van der Waals surface area contributed by atoms with E-state index in [4.69, 9.17) is 26.2 Å². The molecule has 1 aromatic rings. The number of carboxylic acid groups (broad SMARTS) is 1. The number of amides is 1. The Morgan fingerprint density at radius 3 is 2.45 bits per heavy atom. The molecule has 0 aromatic heterocycles. The molecular formula is C13H16ClNO5. The molecule has 7 heteroatoms. The Balaban J connectivity index is 3.22. The summed E-state index contributed by atoms with van der Waals surface area (Å²) < 4.78 is 10.3. The lowest BCUT2D eigenvalue weighted by Gasteiger charge is -2.19. The van der Waals surface area contributed by atoms with Gasteiger partial charge in [-0.2, -0.15) is 0 Å². The minimum atomic E-state index is -1.03. The first kappa shape index (κ1) is 16.1. The zero-order valence-corrected chi connectivity index (χ0v) is 12.2. The molecule has 110 valence electrons. The highest BCUT2D eigenvalue weighted by molar-refractivity contribution is 6.32. The molecule has 0 radical (unpaired) electrons. The van der Waals surface area contributed by atoms with E-state index < -0.39 is 12.0 Å². The van der Waals surface area contributed by atoms with E-state index in [2.05, 4.69) is 5.32 Å². The Labute approximate surface area is 121 Å². The number of benzene rings is 1. The Morgan fingerprint density at radius 1 is 1.35 bits per heavy atom. The highest BCUT2D eigenvalue weighted by atomic mass is 35.5. The molecule has 0 aliphatic heterocycles. The van der Waals surface area contributed by atoms with Gasteiger partial charge in [-0.05, 0) is 17.7 Å². The van der Waals surface area contributed by atoms with Crippen LogP contribution in [0.25, 0.3) is 0 Å². The third kappa shape index (κ3) is 4.03. The van der Waals surface area contributed by atoms with Gasteiger partial charge in [-0.15, -0.1) is 0 Å². The molecule has 1 amide bonds. The van der Waals surface area contributed by atoms with Crippen molar-refractivity contribution in [3.05, 3.63) is 22.7 Å². The first-order valence-electron chi connectivity index (χ1n) is 5.79. The number of aliphatic carboxylic acids is 1. The van der Waals surface area contributed by atoms with Crippen LogP contribution >= 0.6 is 11.6 Å². The van der Waals surface area contributed by atoms with Gasteiger partial charge in [-0.1, -0.05) is 11.6 Å². The number of hydrogen-bond donors (Lipinski definition) is 2. The van der Waals surface area contributed by atoms with Crippen molar-refractivity contribution in [3.8, 4) is 11.5 Å². The van der Waals surface area contributed by atoms with E-state index in [1.807, 2.05) is 0 Å². The quantitative estimate of drug-likeness (QED) is 0.839. The second kappa shape index (κ2) is 7.00. The number of rotatable bonds is 6. The Bertz CT molecular complexity index is 502. The van der Waals surface area contributed by atoms with Crippen molar-refractivity contribution in [3.63, 3.8) is 0 Å². The Hall–Kier alpha value is -1.95. The largest absolute Gasteiger partial charge is 0.493 e. The summed E-state index contributed by atoms with van der Waals surface area (Å²) in [6.45, 7) is 1.32. The lowest BCUT2D eigenvalue weighted by Crippen LogP contribution is -2.28. The number of carbonyl (C=O) groups excluding carboxylic acids is 1. The molecule has 1 aromatic carbocycles. The van der Waals surface area contributed by atoms with Gasteiger partial charge >= 0.3 is 5.97 Å². The smallest absolute Gasteiger partial charge is 0.305 e. The Morgan fingerprint density at radius 2 is 2.00 bits per heavy atom. The number of carboxylic acids is 1. The van der Waals surface area contributed by atoms with Crippen molar-refractivity contribution < 1.29 is 24.2 Å². The minimum absolute atomic E-state index is 0.259. The van der Waals surface area contributed by atoms with Crippen LogP contribution in [0.15, 0.2) is 12.1 Å². The Kier molecular flexibility index (Phi) is 5.64. The second-order valence-corrected chi connectivity index (χ2v) is 4.50. The number of halogens is 1. The first-order chi connectivity index (χ1) is 9.38. The van der Waals surface area contributed by atoms with Crippen molar-refractivity contribution in [1.82, 2.24) is 5.32 Å². The van der Waals surface area contributed by atoms with Crippen LogP contribution in [0.1, 0.15) is 24.9 Å². The van der Waals surface area contributed by atoms with Gasteiger partial charge in [-0.25, -0.2) is 0 Å². The maximum atomic E-state index is 11.2. The van der Waals surface area contributed by atoms with Crippen molar-refractivity contribution in [2.75, 3.05) is 14.2 Å². The molecule has 0 aliphatic rings. The summed E-state index contributed by atoms with van der Waals surface area (Å²) in [5.41, 5.74) is 0.533. The third-order valence-corrected chi connectivity index (χ3v) is 2.90. The normalized spacial score (nSPS) is 11.6. The van der Waals surface area contributed by atoms with Gasteiger partial charge in [0.05, 0.1) is 31.7 Å². The molecular weight excluding hydrogens is 286 g/mol. The van der Waals surface area contributed by atoms with Crippen LogP contribution < -0.4 is 14.8 Å². The van der Waals surface area contributed by atoms with Gasteiger partial charge < -0.3 is 19.9 Å². The zero-order valence-electron chi connectivity index (χ0n) is 11.4. The monoisotopic (exact) mass is 301 g/mol. The maximum Gasteiger partial charge on any atom is 0.305 e. The second-order valence-electron chi connectivity index (χ2n) is 4.09. The standard InChI is InChI=1S/C13H16ClNO5/c1-7(16)15-10(6-12(17)18)8-4-9(14)13(20-3)11(5-8)19-2/h4-5,10H,6H2,1-3H3,(H,15,16)(H,17,18)/t10-/m0/s1. The molecule has 0 heterocycles. The van der Waals surface area contributed by atoms with Crippen molar-refractivity contribution in [1.29, 1.82) is 0 Å². The molecule has 0 unspecified atom stereocenters. The van der Waals surface area contributed by atoms with E-state index in [0.717, 1.165) is 0 Å². The maximum absolute atomic E-state index is 11.2. The van der Waals surface area contributed by atoms with Gasteiger partial charge in [0.2, 0.25) is 5.91 Å². The molecule has 0 saturated heterocycles. The molecule has 6 nitrogen and oxygen atoms in total. The minimum Gasteiger partial charge on any atom is -0.493 e. The number of carbonyl (C=O) groups is 2. The van der Waals surface area contributed by atoms with E-state index >= 15 is 0 Å². The summed E-state index contributed by atoms with van der Waals surface area (Å²) in [4.78, 5) is 22.1. The fourth-order valence-electron chi connectivity index (χ4n) is 1.81. The average molecular weight is 302 g/mol. The molecule has 0 aliphatic carbocycles. The van der Waals surface area contributed by atoms with Crippen molar-refractivity contribution in [2.45, 2.75) is 19.4 Å². The van der Waals surface area contributed by atoms with Crippen LogP contribution in [-0.2, 0) is 9.59 Å². The van der Waals surface area contributed by atoms with Crippen LogP contribution in [0.5, 0.6) is 11.5 Å². The number of ether oxygens (including phenoxy) is 2. The summed E-state index contributed by atoms with van der Waals surface area (Å²) in [5, 5.41) is 11.8. The van der Waals surface area contributed by atoms with E-state index in [9.17, 15) is 9.59 Å². The lowest BCUT2D eigenvalue weighted by atomic mass is 10.0. The lowest BCUT2D eigenvalue weighted by molar-refractivity contribution is -0.137. The molecule has 0 saturated carbocycles. The first-order valence-corrected chi connectivity index (χ1v) is 6.17. The molecule has 2 N–H and O–H groups in total. The van der Waals surface area contributed by atoms with E-state index in [0.29, 0.717) is 17.1 Å². The SMILES string of the molecule is COc1cc([C@H](CC(=O)O)NC(C)=O)cc(Cl)c1OC. The van der Waals surface area contributed by atoms with Gasteiger partial charge in [0.25, 0.3) is 0 Å². The fourth-order valence-corrected chi connectivity index (χ4v) is 2.11. The predicted molar refractivity (Wildman–Crippen MR) is 73.4 cm³/mol. The summed E-state index contributed by atoms with van der Waals surface area (Å²) in [5.74, 6) is -0.637. The van der Waals surface area contributed by atoms with Crippen LogP contribution in [0.3, 0.4) is 0 Å². The highest BCUT2D eigenvalue weighted by Gasteiger charge is 2.20. The van der Waals surface area contributed by atoms with Crippen molar-refractivity contribution >= 4 is 23.5 Å². The molecule has 20 heavy (non-hydrogen) atoms. The van der Waals surface area contributed by atoms with Gasteiger partial charge in [-0.3, -0.25) is 9.59 Å². The van der Waals surface area contributed by atoms with Gasteiger partial charge in [0, 0.05) is 6.92 Å². The van der Waals surface area contributed by atoms with Crippen LogP contribution in [0, 0.1) is 0 Å². The zero-order chi connectivity index (χ0) is 15.3.